The molecule has 0 radical (unpaired) electrons. The van der Waals surface area contributed by atoms with E-state index in [9.17, 15) is 14.4 Å². The number of carbonyl (C=O) groups is 3. The van der Waals surface area contributed by atoms with Gasteiger partial charge in [-0.25, -0.2) is 0 Å². The highest BCUT2D eigenvalue weighted by Gasteiger charge is 2.28. The number of carbonyl (C=O) groups excluding carboxylic acids is 3. The summed E-state index contributed by atoms with van der Waals surface area (Å²) in [6.45, 7) is 13.7. The second kappa shape index (κ2) is 13.3. The molecular formula is C27H41N3O3. The number of likely N-dealkylation sites (tertiary alicyclic amines) is 1. The van der Waals surface area contributed by atoms with Crippen molar-refractivity contribution < 1.29 is 14.4 Å². The molecule has 2 N–H and O–H groups in total. The fourth-order valence-corrected chi connectivity index (χ4v) is 4.26. The van der Waals surface area contributed by atoms with E-state index in [0.29, 0.717) is 31.1 Å². The lowest BCUT2D eigenvalue weighted by Gasteiger charge is -2.33. The van der Waals surface area contributed by atoms with E-state index in [1.54, 1.807) is 6.07 Å². The summed E-state index contributed by atoms with van der Waals surface area (Å²) in [5.41, 5.74) is 1.66. The number of Topliss-reactive ketones (excluding diaryl/α,β-unsaturated/α-hetero) is 1. The van der Waals surface area contributed by atoms with Crippen LogP contribution in [-0.2, 0) is 9.59 Å². The molecule has 2 amide bonds. The first-order chi connectivity index (χ1) is 15.9. The molecule has 1 aromatic rings. The Hall–Kier alpha value is -2.47. The van der Waals surface area contributed by atoms with E-state index < -0.39 is 6.04 Å². The van der Waals surface area contributed by atoms with E-state index in [-0.39, 0.29) is 29.4 Å². The summed E-state index contributed by atoms with van der Waals surface area (Å²) < 4.78 is 0. The van der Waals surface area contributed by atoms with Crippen LogP contribution in [0.25, 0.3) is 0 Å². The van der Waals surface area contributed by atoms with Crippen LogP contribution in [0.5, 0.6) is 0 Å². The molecule has 1 aromatic carbocycles. The van der Waals surface area contributed by atoms with Gasteiger partial charge in [0.05, 0.1) is 12.6 Å². The zero-order chi connectivity index (χ0) is 24.4. The lowest BCUT2D eigenvalue weighted by atomic mass is 9.89. The van der Waals surface area contributed by atoms with E-state index in [4.69, 9.17) is 0 Å². The zero-order valence-electron chi connectivity index (χ0n) is 20.6. The van der Waals surface area contributed by atoms with Crippen LogP contribution in [-0.4, -0.2) is 54.2 Å². The summed E-state index contributed by atoms with van der Waals surface area (Å²) in [7, 11) is 0. The molecule has 33 heavy (non-hydrogen) atoms. The monoisotopic (exact) mass is 455 g/mol. The van der Waals surface area contributed by atoms with Crippen molar-refractivity contribution in [3.05, 3.63) is 48.6 Å². The Morgan fingerprint density at radius 2 is 1.88 bits per heavy atom. The van der Waals surface area contributed by atoms with Gasteiger partial charge in [-0.2, -0.15) is 0 Å². The third kappa shape index (κ3) is 8.11. The topological polar surface area (TPSA) is 78.5 Å². The maximum atomic E-state index is 12.9. The van der Waals surface area contributed by atoms with Crippen molar-refractivity contribution in [2.24, 2.45) is 5.92 Å². The molecule has 6 nitrogen and oxygen atoms in total. The van der Waals surface area contributed by atoms with Gasteiger partial charge in [-0.1, -0.05) is 39.3 Å². The highest BCUT2D eigenvalue weighted by atomic mass is 16.2. The van der Waals surface area contributed by atoms with Crippen molar-refractivity contribution in [2.45, 2.75) is 77.3 Å². The Bertz CT molecular complexity index is 804. The van der Waals surface area contributed by atoms with Gasteiger partial charge in [0.15, 0.2) is 5.78 Å². The molecule has 0 aromatic heterocycles. The van der Waals surface area contributed by atoms with Crippen molar-refractivity contribution in [3.8, 4) is 0 Å². The van der Waals surface area contributed by atoms with E-state index in [1.807, 2.05) is 43.9 Å². The van der Waals surface area contributed by atoms with Gasteiger partial charge < -0.3 is 15.5 Å². The number of nitrogens with one attached hydrogen (secondary N) is 2. The number of hydrogen-bond acceptors (Lipinski definition) is 4. The number of nitrogens with zero attached hydrogens (tertiary/aromatic N) is 1. The fraction of sp³-hybridized carbons (Fsp3) is 0.593. The number of amides is 2. The van der Waals surface area contributed by atoms with Crippen LogP contribution in [0.15, 0.2) is 37.4 Å². The van der Waals surface area contributed by atoms with Crippen LogP contribution in [0.4, 0.5) is 0 Å². The smallest absolute Gasteiger partial charge is 0.251 e. The van der Waals surface area contributed by atoms with E-state index >= 15 is 0 Å². The molecule has 6 heteroatoms. The fourth-order valence-electron chi connectivity index (χ4n) is 4.26. The molecule has 1 heterocycles. The van der Waals surface area contributed by atoms with Gasteiger partial charge in [0.25, 0.3) is 5.91 Å². The summed E-state index contributed by atoms with van der Waals surface area (Å²) in [5, 5.41) is 6.25. The molecule has 2 atom stereocenters. The van der Waals surface area contributed by atoms with Crippen LogP contribution < -0.4 is 10.6 Å². The minimum Gasteiger partial charge on any atom is -0.342 e. The van der Waals surface area contributed by atoms with Gasteiger partial charge in [0.2, 0.25) is 5.91 Å². The first kappa shape index (κ1) is 26.8. The maximum absolute atomic E-state index is 12.9. The molecule has 2 aliphatic rings. The summed E-state index contributed by atoms with van der Waals surface area (Å²) >= 11 is 0. The predicted molar refractivity (Wildman–Crippen MR) is 133 cm³/mol. The highest BCUT2D eigenvalue weighted by Crippen LogP contribution is 2.28. The molecule has 182 valence electrons. The third-order valence-corrected chi connectivity index (χ3v) is 6.31. The van der Waals surface area contributed by atoms with Gasteiger partial charge >= 0.3 is 0 Å². The minimum absolute atomic E-state index is 0.0765. The van der Waals surface area contributed by atoms with Crippen LogP contribution in [0.3, 0.4) is 0 Å². The Kier molecular flexibility index (Phi) is 10.8. The van der Waals surface area contributed by atoms with Crippen molar-refractivity contribution in [1.82, 2.24) is 15.5 Å². The molecule has 0 bridgehead atoms. The van der Waals surface area contributed by atoms with Crippen molar-refractivity contribution in [2.75, 3.05) is 19.6 Å². The molecule has 0 spiro atoms. The second-order valence-corrected chi connectivity index (χ2v) is 9.33. The summed E-state index contributed by atoms with van der Waals surface area (Å²) in [6, 6.07) is 7.76. The van der Waals surface area contributed by atoms with Crippen molar-refractivity contribution in [3.63, 3.8) is 0 Å². The largest absolute Gasteiger partial charge is 0.342 e. The van der Waals surface area contributed by atoms with Crippen LogP contribution in [0, 0.1) is 5.92 Å². The van der Waals surface area contributed by atoms with Gasteiger partial charge in [-0.05, 0) is 49.8 Å². The van der Waals surface area contributed by atoms with Crippen LogP contribution in [0.2, 0.25) is 0 Å². The molecule has 2 fully saturated rings. The predicted octanol–water partition coefficient (Wildman–Crippen LogP) is 4.07. The second-order valence-electron chi connectivity index (χ2n) is 9.33. The van der Waals surface area contributed by atoms with Crippen LogP contribution in [0.1, 0.15) is 81.1 Å². The lowest BCUT2D eigenvalue weighted by molar-refractivity contribution is -0.131. The van der Waals surface area contributed by atoms with Gasteiger partial charge in [0.1, 0.15) is 0 Å². The molecule has 2 unspecified atom stereocenters. The molecular weight excluding hydrogens is 414 g/mol. The standard InChI is InChI=1S/C25H37N3O3.C2H4/c1-4-7-22(24(30)17(2)3)27-25(31)19-9-5-8-18(14-19)20-10-6-13-28(16-20)23(29)15-26-21-11-12-21;1-2/h5,8-9,14,17,20-22,26H,4,6-7,10-13,15-16H2,1-3H3,(H,27,31);1-2H2. The number of ketones is 1. The average Bonchev–Trinajstić information content (AvgIpc) is 3.67. The van der Waals surface area contributed by atoms with E-state index in [1.165, 1.54) is 12.8 Å². The molecule has 1 aliphatic carbocycles. The van der Waals surface area contributed by atoms with E-state index in [0.717, 1.165) is 31.4 Å². The number of piperidine rings is 1. The SMILES string of the molecule is C=C.CCCC(NC(=O)c1cccc(C2CCCN(C(=O)CNC3CC3)C2)c1)C(=O)C(C)C. The number of rotatable bonds is 10. The normalized spacial score (nSPS) is 18.8. The minimum atomic E-state index is -0.442. The van der Waals surface area contributed by atoms with Crippen LogP contribution >= 0.6 is 0 Å². The molecule has 1 saturated heterocycles. The number of benzene rings is 1. The van der Waals surface area contributed by atoms with E-state index in [2.05, 4.69) is 23.8 Å². The van der Waals surface area contributed by atoms with Crippen molar-refractivity contribution in [1.29, 1.82) is 0 Å². The Balaban J connectivity index is 0.00000187. The molecule has 1 aliphatic heterocycles. The molecule has 1 saturated carbocycles. The molecule has 3 rings (SSSR count). The first-order valence-electron chi connectivity index (χ1n) is 12.3. The van der Waals surface area contributed by atoms with Gasteiger partial charge in [-0.15, -0.1) is 13.2 Å². The Morgan fingerprint density at radius 3 is 2.52 bits per heavy atom. The van der Waals surface area contributed by atoms with Gasteiger partial charge in [-0.3, -0.25) is 14.4 Å². The number of hydrogen-bond donors (Lipinski definition) is 2. The quantitative estimate of drug-likeness (QED) is 0.521. The Labute approximate surface area is 199 Å². The first-order valence-corrected chi connectivity index (χ1v) is 12.3. The van der Waals surface area contributed by atoms with Crippen molar-refractivity contribution >= 4 is 17.6 Å². The highest BCUT2D eigenvalue weighted by molar-refractivity contribution is 5.98. The summed E-state index contributed by atoms with van der Waals surface area (Å²) in [5.74, 6) is 0.165. The lowest BCUT2D eigenvalue weighted by Crippen LogP contribution is -2.44. The van der Waals surface area contributed by atoms with Gasteiger partial charge in [0, 0.05) is 36.5 Å². The summed E-state index contributed by atoms with van der Waals surface area (Å²) in [6.07, 6.45) is 5.81. The average molecular weight is 456 g/mol. The Morgan fingerprint density at radius 1 is 1.15 bits per heavy atom. The maximum Gasteiger partial charge on any atom is 0.251 e. The third-order valence-electron chi connectivity index (χ3n) is 6.31. The summed E-state index contributed by atoms with van der Waals surface area (Å²) in [4.78, 5) is 39.8. The zero-order valence-corrected chi connectivity index (χ0v) is 20.6.